The minimum Gasteiger partial charge on any atom is -0.420 e. The molecule has 0 bridgehead atoms. The molecule has 34 heavy (non-hydrogen) atoms. The summed E-state index contributed by atoms with van der Waals surface area (Å²) >= 11 is 1.51. The predicted molar refractivity (Wildman–Crippen MR) is 126 cm³/mol. The summed E-state index contributed by atoms with van der Waals surface area (Å²) < 4.78 is 8.06. The lowest BCUT2D eigenvalue weighted by atomic mass is 9.85. The Morgan fingerprint density at radius 1 is 1.09 bits per heavy atom. The van der Waals surface area contributed by atoms with Crippen LogP contribution in [0.25, 0.3) is 22.8 Å². The van der Waals surface area contributed by atoms with Gasteiger partial charge in [0.25, 0.3) is 5.69 Å². The van der Waals surface area contributed by atoms with Crippen molar-refractivity contribution in [3.05, 3.63) is 64.8 Å². The third-order valence-corrected chi connectivity index (χ3v) is 7.03. The second-order valence-corrected chi connectivity index (χ2v) is 9.28. The summed E-state index contributed by atoms with van der Waals surface area (Å²) in [6.45, 7) is 2.29. The smallest absolute Gasteiger partial charge is 0.269 e. The molecule has 1 fully saturated rings. The van der Waals surface area contributed by atoms with E-state index in [1.165, 1.54) is 43.2 Å². The Morgan fingerprint density at radius 2 is 1.91 bits per heavy atom. The van der Waals surface area contributed by atoms with Crippen molar-refractivity contribution in [2.45, 2.75) is 49.6 Å². The molecule has 0 spiro atoms. The summed E-state index contributed by atoms with van der Waals surface area (Å²) in [6, 6.07) is 10.3. The van der Waals surface area contributed by atoms with Gasteiger partial charge >= 0.3 is 0 Å². The third-order valence-electron chi connectivity index (χ3n) is 6.10. The molecule has 1 aromatic carbocycles. The number of nitro benzene ring substituents is 1. The topological polar surface area (TPSA) is 126 Å². The van der Waals surface area contributed by atoms with Crippen LogP contribution in [-0.2, 0) is 5.75 Å². The van der Waals surface area contributed by atoms with Crippen molar-refractivity contribution in [3.8, 4) is 22.8 Å². The van der Waals surface area contributed by atoms with Gasteiger partial charge in [0.15, 0.2) is 11.0 Å². The molecule has 1 aliphatic rings. The number of hydrogen-bond donors (Lipinski definition) is 0. The Kier molecular flexibility index (Phi) is 6.35. The molecule has 174 valence electrons. The van der Waals surface area contributed by atoms with Crippen LogP contribution in [0.3, 0.4) is 0 Å². The fourth-order valence-electron chi connectivity index (χ4n) is 4.33. The second kappa shape index (κ2) is 9.72. The molecule has 0 saturated heterocycles. The molecule has 4 aromatic rings. The zero-order valence-corrected chi connectivity index (χ0v) is 19.4. The highest BCUT2D eigenvalue weighted by molar-refractivity contribution is 7.98. The third kappa shape index (κ3) is 4.56. The van der Waals surface area contributed by atoms with E-state index in [1.54, 1.807) is 18.3 Å². The summed E-state index contributed by atoms with van der Waals surface area (Å²) in [4.78, 5) is 14.7. The molecule has 0 N–H and O–H groups in total. The maximum absolute atomic E-state index is 10.9. The van der Waals surface area contributed by atoms with Crippen LogP contribution in [0.2, 0.25) is 0 Å². The lowest BCUT2D eigenvalue weighted by Gasteiger charge is -2.31. The second-order valence-electron chi connectivity index (χ2n) is 8.34. The first-order valence-corrected chi connectivity index (χ1v) is 12.1. The molecule has 0 unspecified atom stereocenters. The van der Waals surface area contributed by atoms with E-state index < -0.39 is 4.92 Å². The standard InChI is InChI=1S/C23H23N7O3S/c1-15-5-2-3-7-19(15)29-21(17-6-4-12-24-13-17)26-28-23(29)34-14-20-25-27-22(33-20)16-8-10-18(11-9-16)30(31)32/h4,6,8-13,15,19H,2-3,5,7,14H2,1H3/t15-,19+/m0/s1. The maximum atomic E-state index is 10.9. The minimum atomic E-state index is -0.442. The van der Waals surface area contributed by atoms with Gasteiger partial charge in [-0.05, 0) is 43.0 Å². The van der Waals surface area contributed by atoms with Gasteiger partial charge in [-0.25, -0.2) is 0 Å². The van der Waals surface area contributed by atoms with Crippen molar-refractivity contribution in [1.82, 2.24) is 29.9 Å². The van der Waals surface area contributed by atoms with E-state index in [-0.39, 0.29) is 5.69 Å². The number of aromatic nitrogens is 6. The Labute approximate surface area is 200 Å². The van der Waals surface area contributed by atoms with Gasteiger partial charge in [0, 0.05) is 41.7 Å². The SMILES string of the molecule is C[C@H]1CCCC[C@H]1n1c(SCc2nnc(-c3ccc([N+](=O)[O-])cc3)o2)nnc1-c1cccnc1. The van der Waals surface area contributed by atoms with Gasteiger partial charge in [-0.15, -0.1) is 20.4 Å². The summed E-state index contributed by atoms with van der Waals surface area (Å²) in [7, 11) is 0. The summed E-state index contributed by atoms with van der Waals surface area (Å²) in [5.74, 6) is 2.56. The monoisotopic (exact) mass is 477 g/mol. The number of nitrogens with zero attached hydrogens (tertiary/aromatic N) is 7. The van der Waals surface area contributed by atoms with E-state index in [0.717, 1.165) is 23.0 Å². The number of benzene rings is 1. The highest BCUT2D eigenvalue weighted by Crippen LogP contribution is 2.39. The van der Waals surface area contributed by atoms with Gasteiger partial charge in [0.2, 0.25) is 11.8 Å². The fraction of sp³-hybridized carbons (Fsp3) is 0.348. The molecule has 0 aliphatic heterocycles. The highest BCUT2D eigenvalue weighted by Gasteiger charge is 2.29. The zero-order chi connectivity index (χ0) is 23.5. The molecular weight excluding hydrogens is 454 g/mol. The summed E-state index contributed by atoms with van der Waals surface area (Å²) in [5, 5.41) is 28.9. The number of pyridine rings is 1. The van der Waals surface area contributed by atoms with E-state index in [4.69, 9.17) is 4.42 Å². The Hall–Kier alpha value is -3.60. The predicted octanol–water partition coefficient (Wildman–Crippen LogP) is 5.34. The van der Waals surface area contributed by atoms with Gasteiger partial charge in [0.1, 0.15) is 0 Å². The van der Waals surface area contributed by atoms with Crippen LogP contribution in [0.5, 0.6) is 0 Å². The summed E-state index contributed by atoms with van der Waals surface area (Å²) in [6.07, 6.45) is 8.27. The Morgan fingerprint density at radius 3 is 2.65 bits per heavy atom. The largest absolute Gasteiger partial charge is 0.420 e. The van der Waals surface area contributed by atoms with Crippen molar-refractivity contribution in [2.24, 2.45) is 5.92 Å². The van der Waals surface area contributed by atoms with E-state index in [1.807, 2.05) is 18.3 Å². The molecule has 2 atom stereocenters. The number of hydrogen-bond acceptors (Lipinski definition) is 9. The van der Waals surface area contributed by atoms with E-state index in [0.29, 0.717) is 35.1 Å². The maximum Gasteiger partial charge on any atom is 0.269 e. The summed E-state index contributed by atoms with van der Waals surface area (Å²) in [5.41, 5.74) is 1.59. The molecular formula is C23H23N7O3S. The first kappa shape index (κ1) is 22.2. The van der Waals surface area contributed by atoms with Crippen molar-refractivity contribution in [2.75, 3.05) is 0 Å². The number of thioether (sulfide) groups is 1. The molecule has 10 nitrogen and oxygen atoms in total. The van der Waals surface area contributed by atoms with Crippen LogP contribution in [0.1, 0.15) is 44.5 Å². The average molecular weight is 478 g/mol. The molecule has 11 heteroatoms. The van der Waals surface area contributed by atoms with Gasteiger partial charge < -0.3 is 4.42 Å². The Bertz CT molecular complexity index is 1270. The van der Waals surface area contributed by atoms with E-state index in [9.17, 15) is 10.1 Å². The van der Waals surface area contributed by atoms with Crippen LogP contribution in [0, 0.1) is 16.0 Å². The molecule has 0 radical (unpaired) electrons. The van der Waals surface area contributed by atoms with E-state index in [2.05, 4.69) is 36.9 Å². The number of nitro groups is 1. The molecule has 1 saturated carbocycles. The quantitative estimate of drug-likeness (QED) is 0.197. The molecule has 3 aromatic heterocycles. The fourth-order valence-corrected chi connectivity index (χ4v) is 5.16. The first-order chi connectivity index (χ1) is 16.6. The molecule has 1 aliphatic carbocycles. The van der Waals surface area contributed by atoms with Crippen molar-refractivity contribution >= 4 is 17.4 Å². The zero-order valence-electron chi connectivity index (χ0n) is 18.6. The Balaban J connectivity index is 1.38. The van der Waals surface area contributed by atoms with Crippen LogP contribution >= 0.6 is 11.8 Å². The number of rotatable bonds is 7. The van der Waals surface area contributed by atoms with Crippen LogP contribution in [0.4, 0.5) is 5.69 Å². The van der Waals surface area contributed by atoms with Crippen LogP contribution in [-0.4, -0.2) is 34.9 Å². The van der Waals surface area contributed by atoms with Gasteiger partial charge in [-0.1, -0.05) is 31.5 Å². The molecule has 0 amide bonds. The molecule has 5 rings (SSSR count). The first-order valence-electron chi connectivity index (χ1n) is 11.2. The van der Waals surface area contributed by atoms with Crippen molar-refractivity contribution in [3.63, 3.8) is 0 Å². The van der Waals surface area contributed by atoms with Gasteiger partial charge in [0.05, 0.1) is 10.7 Å². The van der Waals surface area contributed by atoms with Gasteiger partial charge in [-0.3, -0.25) is 19.7 Å². The average Bonchev–Trinajstić information content (AvgIpc) is 3.51. The van der Waals surface area contributed by atoms with Crippen LogP contribution in [0.15, 0.2) is 58.4 Å². The van der Waals surface area contributed by atoms with Crippen molar-refractivity contribution in [1.29, 1.82) is 0 Å². The normalized spacial score (nSPS) is 18.1. The number of non-ortho nitro benzene ring substituents is 1. The lowest BCUT2D eigenvalue weighted by molar-refractivity contribution is -0.384. The van der Waals surface area contributed by atoms with Crippen molar-refractivity contribution < 1.29 is 9.34 Å². The molecule has 3 heterocycles. The van der Waals surface area contributed by atoms with E-state index >= 15 is 0 Å². The minimum absolute atomic E-state index is 0.0137. The lowest BCUT2D eigenvalue weighted by Crippen LogP contribution is -2.22. The van der Waals surface area contributed by atoms with Crippen LogP contribution < -0.4 is 0 Å². The highest BCUT2D eigenvalue weighted by atomic mass is 32.2. The van der Waals surface area contributed by atoms with Gasteiger partial charge in [-0.2, -0.15) is 0 Å².